The van der Waals surface area contributed by atoms with Gasteiger partial charge in [0, 0.05) is 23.8 Å². The first-order valence-corrected chi connectivity index (χ1v) is 17.8. The van der Waals surface area contributed by atoms with Crippen molar-refractivity contribution in [2.24, 2.45) is 0 Å². The van der Waals surface area contributed by atoms with Crippen LogP contribution in [0.2, 0.25) is 0 Å². The molecule has 0 aliphatic carbocycles. The molecule has 1 aromatic heterocycles. The van der Waals surface area contributed by atoms with Gasteiger partial charge in [0.05, 0.1) is 27.4 Å². The smallest absolute Gasteiger partial charge is 0.330 e. The molecule has 20 heteroatoms. The number of hydrogen-bond donors (Lipinski definition) is 9. The molecule has 0 amide bonds. The van der Waals surface area contributed by atoms with Crippen molar-refractivity contribution < 1.29 is 93.1 Å². The maximum atomic E-state index is 14.2. The summed E-state index contributed by atoms with van der Waals surface area (Å²) in [6.07, 6.45) is -14.2. The lowest BCUT2D eigenvalue weighted by Gasteiger charge is -2.39. The molecule has 6 rings (SSSR count). The summed E-state index contributed by atoms with van der Waals surface area (Å²) >= 11 is 0. The first kappa shape index (κ1) is 42.8. The Kier molecular flexibility index (Phi) is 12.7. The van der Waals surface area contributed by atoms with Gasteiger partial charge < -0.3 is 88.3 Å². The third-order valence-electron chi connectivity index (χ3n) is 9.62. The molecule has 2 fully saturated rings. The molecule has 4 aromatic rings. The number of phenols is 3. The molecule has 10 atom stereocenters. The van der Waals surface area contributed by atoms with E-state index in [2.05, 4.69) is 0 Å². The lowest BCUT2D eigenvalue weighted by atomic mass is 9.99. The van der Waals surface area contributed by atoms with Gasteiger partial charge in [0.25, 0.3) is 0 Å². The Labute approximate surface area is 333 Å². The zero-order valence-electron chi connectivity index (χ0n) is 31.7. The van der Waals surface area contributed by atoms with Crippen molar-refractivity contribution in [1.82, 2.24) is 0 Å². The van der Waals surface area contributed by atoms with Crippen molar-refractivity contribution in [3.05, 3.63) is 64.3 Å². The summed E-state index contributed by atoms with van der Waals surface area (Å²) < 4.78 is 49.4. The highest BCUT2D eigenvalue weighted by Gasteiger charge is 2.47. The molecule has 59 heavy (non-hydrogen) atoms. The van der Waals surface area contributed by atoms with Crippen LogP contribution in [0.5, 0.6) is 46.0 Å². The summed E-state index contributed by atoms with van der Waals surface area (Å²) in [5.41, 5.74) is -0.942. The SMILES string of the molecule is COc1cc(-c2oc3cc(O[C@@H]4OC(C)[C@H](O)C(O)[C@@H]4O)cc(O)c3c(=O)c2O[C@@H]2OC(COC(=O)/C=C/c3cc(OC)c(O)c(OC)c3)[C@@H](O)C(O)[C@@H]2O)ccc1O. The minimum atomic E-state index is -2.02. The lowest BCUT2D eigenvalue weighted by molar-refractivity contribution is -0.278. The summed E-state index contributed by atoms with van der Waals surface area (Å²) in [6.45, 7) is 0.741. The Morgan fingerprint density at radius 2 is 1.36 bits per heavy atom. The molecule has 0 bridgehead atoms. The number of rotatable bonds is 12. The zero-order chi connectivity index (χ0) is 42.9. The molecule has 0 saturated carbocycles. The fraction of sp³-hybridized carbons (Fsp3) is 0.385. The summed E-state index contributed by atoms with van der Waals surface area (Å²) in [7, 11) is 3.91. The highest BCUT2D eigenvalue weighted by atomic mass is 16.7. The molecule has 2 aliphatic heterocycles. The van der Waals surface area contributed by atoms with Gasteiger partial charge in [0.1, 0.15) is 71.8 Å². The normalized spacial score (nSPS) is 27.0. The summed E-state index contributed by atoms with van der Waals surface area (Å²) in [6, 6.07) is 8.76. The molecule has 20 nitrogen and oxygen atoms in total. The number of phenolic OH excluding ortho intramolecular Hbond substituents is 3. The second kappa shape index (κ2) is 17.6. The molecule has 3 heterocycles. The summed E-state index contributed by atoms with van der Waals surface area (Å²) in [5.74, 6) is -3.43. The van der Waals surface area contributed by atoms with Gasteiger partial charge in [-0.2, -0.15) is 0 Å². The van der Waals surface area contributed by atoms with Crippen molar-refractivity contribution in [3.63, 3.8) is 0 Å². The fourth-order valence-corrected chi connectivity index (χ4v) is 6.34. The summed E-state index contributed by atoms with van der Waals surface area (Å²) in [4.78, 5) is 26.9. The van der Waals surface area contributed by atoms with Crippen LogP contribution in [-0.4, -0.2) is 141 Å². The van der Waals surface area contributed by atoms with E-state index in [1.807, 2.05) is 0 Å². The van der Waals surface area contributed by atoms with Crippen LogP contribution >= 0.6 is 0 Å². The topological polar surface area (TPSA) is 303 Å². The minimum absolute atomic E-state index is 0.0449. The van der Waals surface area contributed by atoms with E-state index in [0.29, 0.717) is 5.56 Å². The third-order valence-corrected chi connectivity index (χ3v) is 9.62. The van der Waals surface area contributed by atoms with Crippen LogP contribution in [-0.2, 0) is 19.0 Å². The first-order chi connectivity index (χ1) is 28.1. The van der Waals surface area contributed by atoms with Gasteiger partial charge in [-0.1, -0.05) is 0 Å². The maximum absolute atomic E-state index is 14.2. The number of carbonyl (C=O) groups excluding carboxylic acids is 1. The van der Waals surface area contributed by atoms with Crippen LogP contribution < -0.4 is 29.1 Å². The third kappa shape index (κ3) is 8.65. The molecule has 3 aromatic carbocycles. The molecule has 9 N–H and O–H groups in total. The van der Waals surface area contributed by atoms with E-state index >= 15 is 0 Å². The Balaban J connectivity index is 1.30. The second-order valence-electron chi connectivity index (χ2n) is 13.5. The Morgan fingerprint density at radius 3 is 2.00 bits per heavy atom. The second-order valence-corrected chi connectivity index (χ2v) is 13.5. The van der Waals surface area contributed by atoms with Gasteiger partial charge in [-0.25, -0.2) is 4.79 Å². The molecule has 0 spiro atoms. The lowest BCUT2D eigenvalue weighted by Crippen LogP contribution is -2.60. The number of carbonyl (C=O) groups is 1. The Bertz CT molecular complexity index is 2230. The van der Waals surface area contributed by atoms with E-state index in [9.17, 15) is 55.5 Å². The molecule has 4 unspecified atom stereocenters. The van der Waals surface area contributed by atoms with Gasteiger partial charge in [0.2, 0.25) is 29.5 Å². The molecule has 318 valence electrons. The fourth-order valence-electron chi connectivity index (χ4n) is 6.34. The van der Waals surface area contributed by atoms with E-state index in [4.69, 9.17) is 42.3 Å². The number of aliphatic hydroxyl groups excluding tert-OH is 6. The molecule has 2 saturated heterocycles. The first-order valence-electron chi connectivity index (χ1n) is 17.8. The number of esters is 1. The Hall–Kier alpha value is -5.84. The average molecular weight is 831 g/mol. The van der Waals surface area contributed by atoms with Gasteiger partial charge in [-0.15, -0.1) is 0 Å². The highest BCUT2D eigenvalue weighted by molar-refractivity contribution is 5.89. The minimum Gasteiger partial charge on any atom is -0.507 e. The van der Waals surface area contributed by atoms with Crippen LogP contribution in [0, 0.1) is 0 Å². The standard InChI is InChI=1S/C39H42O20/c1-15-28(43)32(47)34(49)38(55-15)56-18-12-20(41)27-22(13-18)57-36(17-6-7-19(40)21(11-17)51-2)37(31(27)46)59-39-35(50)33(48)30(45)25(58-39)14-54-26(42)8-5-16-9-23(52-3)29(44)24(10-16)53-4/h5-13,15,25,28,30,32-35,38-41,43-45,47-50H,14H2,1-4H3/b8-5+/t15?,25?,28-,30+,32?,33?,34-,35-,38-,39-/m0/s1. The number of fused-ring (bicyclic) bond motifs is 1. The number of aromatic hydroxyl groups is 3. The van der Waals surface area contributed by atoms with Crippen molar-refractivity contribution in [2.75, 3.05) is 27.9 Å². The van der Waals surface area contributed by atoms with E-state index in [0.717, 1.165) is 18.2 Å². The molecular formula is C39H42O20. The van der Waals surface area contributed by atoms with Gasteiger partial charge in [-0.3, -0.25) is 4.79 Å². The van der Waals surface area contributed by atoms with E-state index in [-0.39, 0.29) is 51.4 Å². The van der Waals surface area contributed by atoms with Gasteiger partial charge in [-0.05, 0) is 48.9 Å². The number of ether oxygens (including phenoxy) is 8. The zero-order valence-corrected chi connectivity index (χ0v) is 31.7. The molecular weight excluding hydrogens is 788 g/mol. The number of hydrogen-bond acceptors (Lipinski definition) is 20. The average Bonchev–Trinajstić information content (AvgIpc) is 3.22. The van der Waals surface area contributed by atoms with Crippen LogP contribution in [0.4, 0.5) is 0 Å². The van der Waals surface area contributed by atoms with Crippen LogP contribution in [0.1, 0.15) is 12.5 Å². The number of methoxy groups -OCH3 is 3. The largest absolute Gasteiger partial charge is 0.507 e. The van der Waals surface area contributed by atoms with Gasteiger partial charge >= 0.3 is 5.97 Å². The summed E-state index contributed by atoms with van der Waals surface area (Å²) in [5, 5.41) is 94.2. The monoisotopic (exact) mass is 830 g/mol. The Morgan fingerprint density at radius 1 is 0.729 bits per heavy atom. The highest BCUT2D eigenvalue weighted by Crippen LogP contribution is 2.41. The number of aliphatic hydroxyl groups is 6. The van der Waals surface area contributed by atoms with E-state index in [1.165, 1.54) is 64.7 Å². The van der Waals surface area contributed by atoms with Gasteiger partial charge in [0.15, 0.2) is 28.8 Å². The van der Waals surface area contributed by atoms with Crippen molar-refractivity contribution >= 4 is 23.0 Å². The predicted molar refractivity (Wildman–Crippen MR) is 199 cm³/mol. The van der Waals surface area contributed by atoms with E-state index in [1.54, 1.807) is 0 Å². The molecule has 0 radical (unpaired) electrons. The van der Waals surface area contributed by atoms with Crippen LogP contribution in [0.3, 0.4) is 0 Å². The molecule has 2 aliphatic rings. The number of benzene rings is 3. The van der Waals surface area contributed by atoms with Crippen molar-refractivity contribution in [1.29, 1.82) is 0 Å². The van der Waals surface area contributed by atoms with E-state index < -0.39 is 96.3 Å². The van der Waals surface area contributed by atoms with Crippen LogP contribution in [0.15, 0.2) is 57.8 Å². The van der Waals surface area contributed by atoms with Crippen molar-refractivity contribution in [2.45, 2.75) is 68.3 Å². The predicted octanol–water partition coefficient (Wildman–Crippen LogP) is 0.252. The quantitative estimate of drug-likeness (QED) is 0.0683. The maximum Gasteiger partial charge on any atom is 0.330 e. The van der Waals surface area contributed by atoms with Crippen LogP contribution in [0.25, 0.3) is 28.4 Å². The van der Waals surface area contributed by atoms with Crippen molar-refractivity contribution in [3.8, 4) is 57.3 Å².